The molecule has 0 N–H and O–H groups in total. The summed E-state index contributed by atoms with van der Waals surface area (Å²) < 4.78 is 31.6. The van der Waals surface area contributed by atoms with Crippen molar-refractivity contribution in [2.45, 2.75) is 31.4 Å². The number of hydrogen-bond donors (Lipinski definition) is 0. The van der Waals surface area contributed by atoms with Crippen molar-refractivity contribution in [3.63, 3.8) is 0 Å². The van der Waals surface area contributed by atoms with Gasteiger partial charge in [0, 0.05) is 18.7 Å². The molecule has 0 fully saturated rings. The molecule has 2 rings (SSSR count). The molecule has 0 aliphatic heterocycles. The molecule has 6 nitrogen and oxygen atoms in total. The van der Waals surface area contributed by atoms with Crippen molar-refractivity contribution in [3.05, 3.63) is 65.2 Å². The van der Waals surface area contributed by atoms with Gasteiger partial charge in [-0.15, -0.1) is 0 Å². The third-order valence-electron chi connectivity index (χ3n) is 3.97. The Morgan fingerprint density at radius 1 is 1.19 bits per heavy atom. The van der Waals surface area contributed by atoms with Gasteiger partial charge in [-0.3, -0.25) is 0 Å². The molecule has 0 amide bonds. The van der Waals surface area contributed by atoms with Gasteiger partial charge in [-0.1, -0.05) is 24.3 Å². The van der Waals surface area contributed by atoms with E-state index in [2.05, 4.69) is 0 Å². The van der Waals surface area contributed by atoms with Crippen LogP contribution in [0.1, 0.15) is 35.3 Å². The van der Waals surface area contributed by atoms with Gasteiger partial charge >= 0.3 is 5.97 Å². The minimum Gasteiger partial charge on any atom is -0.457 e. The number of rotatable bonds is 6. The Bertz CT molecular complexity index is 946. The molecule has 0 atom stereocenters. The molecule has 0 spiro atoms. The number of benzene rings is 2. The van der Waals surface area contributed by atoms with Crippen LogP contribution in [0.2, 0.25) is 0 Å². The molecule has 26 heavy (non-hydrogen) atoms. The molecule has 2 aromatic carbocycles. The molecule has 0 saturated carbocycles. The highest BCUT2D eigenvalue weighted by molar-refractivity contribution is 7.89. The molecule has 2 aromatic rings. The summed E-state index contributed by atoms with van der Waals surface area (Å²) in [6.45, 7) is 3.47. The molecular weight excluding hydrogens is 352 g/mol. The van der Waals surface area contributed by atoms with Gasteiger partial charge in [0.2, 0.25) is 10.0 Å². The van der Waals surface area contributed by atoms with Crippen molar-refractivity contribution in [2.75, 3.05) is 7.05 Å². The zero-order chi connectivity index (χ0) is 19.3. The SMILES string of the molecule is CC(C)N(C)S(=O)(=O)c1cccc(C(=O)OCc2ccccc2C#N)c1. The van der Waals surface area contributed by atoms with E-state index in [0.29, 0.717) is 11.1 Å². The summed E-state index contributed by atoms with van der Waals surface area (Å²) in [4.78, 5) is 12.3. The lowest BCUT2D eigenvalue weighted by Gasteiger charge is -2.21. The first-order valence-electron chi connectivity index (χ1n) is 8.00. The predicted molar refractivity (Wildman–Crippen MR) is 96.8 cm³/mol. The average molecular weight is 372 g/mol. The summed E-state index contributed by atoms with van der Waals surface area (Å²) in [5.41, 5.74) is 1.15. The van der Waals surface area contributed by atoms with Gasteiger partial charge < -0.3 is 4.74 Å². The van der Waals surface area contributed by atoms with Crippen molar-refractivity contribution in [2.24, 2.45) is 0 Å². The van der Waals surface area contributed by atoms with Crippen LogP contribution < -0.4 is 0 Å². The second kappa shape index (κ2) is 8.13. The van der Waals surface area contributed by atoms with E-state index in [4.69, 9.17) is 10.00 Å². The molecule has 0 heterocycles. The van der Waals surface area contributed by atoms with E-state index < -0.39 is 16.0 Å². The maximum absolute atomic E-state index is 12.5. The Hall–Kier alpha value is -2.69. The fraction of sp³-hybridized carbons (Fsp3) is 0.263. The van der Waals surface area contributed by atoms with Gasteiger partial charge in [0.1, 0.15) is 6.61 Å². The molecule has 7 heteroatoms. The number of carbonyl (C=O) groups excluding carboxylic acids is 1. The standard InChI is InChI=1S/C19H20N2O4S/c1-14(2)21(3)26(23,24)18-10-6-9-15(11-18)19(22)25-13-17-8-5-4-7-16(17)12-20/h4-11,14H,13H2,1-3H3. The largest absolute Gasteiger partial charge is 0.457 e. The molecule has 0 aliphatic carbocycles. The van der Waals surface area contributed by atoms with E-state index in [1.807, 2.05) is 6.07 Å². The fourth-order valence-electron chi connectivity index (χ4n) is 2.21. The van der Waals surface area contributed by atoms with Crippen LogP contribution >= 0.6 is 0 Å². The Labute approximate surface area is 153 Å². The second-order valence-corrected chi connectivity index (χ2v) is 7.99. The summed E-state index contributed by atoms with van der Waals surface area (Å²) in [6, 6.07) is 14.4. The van der Waals surface area contributed by atoms with Crippen LogP contribution in [-0.4, -0.2) is 31.8 Å². The second-order valence-electron chi connectivity index (χ2n) is 5.99. The summed E-state index contributed by atoms with van der Waals surface area (Å²) in [6.07, 6.45) is 0. The molecule has 0 radical (unpaired) electrons. The molecular formula is C19H20N2O4S. The number of ether oxygens (including phenoxy) is 1. The summed E-state index contributed by atoms with van der Waals surface area (Å²) >= 11 is 0. The molecule has 0 unspecified atom stereocenters. The van der Waals surface area contributed by atoms with Gasteiger partial charge in [0.25, 0.3) is 0 Å². The summed E-state index contributed by atoms with van der Waals surface area (Å²) in [5, 5.41) is 9.06. The Morgan fingerprint density at radius 3 is 2.54 bits per heavy atom. The van der Waals surface area contributed by atoms with Gasteiger partial charge in [0.15, 0.2) is 0 Å². The molecule has 0 bridgehead atoms. The highest BCUT2D eigenvalue weighted by Crippen LogP contribution is 2.19. The van der Waals surface area contributed by atoms with Crippen LogP contribution in [0.25, 0.3) is 0 Å². The Morgan fingerprint density at radius 2 is 1.88 bits per heavy atom. The minimum atomic E-state index is -3.69. The molecule has 0 saturated heterocycles. The third kappa shape index (κ3) is 4.28. The number of nitrogens with zero attached hydrogens (tertiary/aromatic N) is 2. The minimum absolute atomic E-state index is 0.0283. The first-order chi connectivity index (χ1) is 12.3. The van der Waals surface area contributed by atoms with Crippen LogP contribution in [0.4, 0.5) is 0 Å². The van der Waals surface area contributed by atoms with Gasteiger partial charge in [-0.05, 0) is 38.1 Å². The first kappa shape index (κ1) is 19.6. The van der Waals surface area contributed by atoms with E-state index >= 15 is 0 Å². The van der Waals surface area contributed by atoms with Crippen molar-refractivity contribution in [1.29, 1.82) is 5.26 Å². The Balaban J connectivity index is 2.20. The molecule has 0 aliphatic rings. The van der Waals surface area contributed by atoms with Crippen molar-refractivity contribution in [3.8, 4) is 6.07 Å². The predicted octanol–water partition coefficient (Wildman–Crippen LogP) is 2.94. The number of carbonyl (C=O) groups is 1. The molecule has 136 valence electrons. The Kier molecular flexibility index (Phi) is 6.14. The van der Waals surface area contributed by atoms with Crippen LogP contribution in [0.5, 0.6) is 0 Å². The average Bonchev–Trinajstić information content (AvgIpc) is 2.65. The van der Waals surface area contributed by atoms with Crippen molar-refractivity contribution < 1.29 is 17.9 Å². The lowest BCUT2D eigenvalue weighted by Crippen LogP contribution is -2.33. The number of hydrogen-bond acceptors (Lipinski definition) is 5. The van der Waals surface area contributed by atoms with Crippen LogP contribution in [0.3, 0.4) is 0 Å². The highest BCUT2D eigenvalue weighted by Gasteiger charge is 2.24. The third-order valence-corrected chi connectivity index (χ3v) is 6.00. The number of sulfonamides is 1. The maximum atomic E-state index is 12.5. The van der Waals surface area contributed by atoms with Crippen molar-refractivity contribution >= 4 is 16.0 Å². The van der Waals surface area contributed by atoms with E-state index in [0.717, 1.165) is 0 Å². The summed E-state index contributed by atoms with van der Waals surface area (Å²) in [5.74, 6) is -0.651. The number of esters is 1. The normalized spacial score (nSPS) is 11.4. The summed E-state index contributed by atoms with van der Waals surface area (Å²) in [7, 11) is -2.20. The van der Waals surface area contributed by atoms with Crippen LogP contribution in [0.15, 0.2) is 53.4 Å². The number of nitriles is 1. The topological polar surface area (TPSA) is 87.5 Å². The van der Waals surface area contributed by atoms with Crippen molar-refractivity contribution in [1.82, 2.24) is 4.31 Å². The maximum Gasteiger partial charge on any atom is 0.338 e. The van der Waals surface area contributed by atoms with Gasteiger partial charge in [-0.25, -0.2) is 13.2 Å². The zero-order valence-corrected chi connectivity index (χ0v) is 15.7. The first-order valence-corrected chi connectivity index (χ1v) is 9.44. The lowest BCUT2D eigenvalue weighted by atomic mass is 10.1. The van der Waals surface area contributed by atoms with Gasteiger partial charge in [-0.2, -0.15) is 9.57 Å². The van der Waals surface area contributed by atoms with Crippen LogP contribution in [0, 0.1) is 11.3 Å². The quantitative estimate of drug-likeness (QED) is 0.728. The van der Waals surface area contributed by atoms with E-state index in [9.17, 15) is 13.2 Å². The van der Waals surface area contributed by atoms with E-state index in [1.54, 1.807) is 38.1 Å². The van der Waals surface area contributed by atoms with E-state index in [-0.39, 0.29) is 23.1 Å². The van der Waals surface area contributed by atoms with Crippen LogP contribution in [-0.2, 0) is 21.4 Å². The smallest absolute Gasteiger partial charge is 0.338 e. The molecule has 0 aromatic heterocycles. The lowest BCUT2D eigenvalue weighted by molar-refractivity contribution is 0.0472. The highest BCUT2D eigenvalue weighted by atomic mass is 32.2. The monoisotopic (exact) mass is 372 g/mol. The zero-order valence-electron chi connectivity index (χ0n) is 14.8. The van der Waals surface area contributed by atoms with E-state index in [1.165, 1.54) is 35.6 Å². The fourth-order valence-corrected chi connectivity index (χ4v) is 3.62. The van der Waals surface area contributed by atoms with Gasteiger partial charge in [0.05, 0.1) is 22.1 Å².